The number of carbonyl (C=O) groups is 2. The molecule has 7 nitrogen and oxygen atoms in total. The molecule has 0 saturated carbocycles. The van der Waals surface area contributed by atoms with E-state index in [-0.39, 0.29) is 24.9 Å². The van der Waals surface area contributed by atoms with Crippen LogP contribution in [0, 0.1) is 12.7 Å². The Labute approximate surface area is 206 Å². The molecule has 2 aromatic carbocycles. The van der Waals surface area contributed by atoms with Gasteiger partial charge in [-0.3, -0.25) is 4.79 Å². The summed E-state index contributed by atoms with van der Waals surface area (Å²) >= 11 is 0. The van der Waals surface area contributed by atoms with E-state index in [9.17, 15) is 9.59 Å². The number of morpholine rings is 1. The predicted molar refractivity (Wildman–Crippen MR) is 131 cm³/mol. The van der Waals surface area contributed by atoms with Crippen molar-refractivity contribution in [2.24, 2.45) is 0 Å². The number of benzene rings is 2. The maximum atomic E-state index is 15.2. The fourth-order valence-electron chi connectivity index (χ4n) is 4.04. The van der Waals surface area contributed by atoms with Gasteiger partial charge in [0, 0.05) is 25.6 Å². The fraction of sp³-hybridized carbons (Fsp3) is 0.481. The van der Waals surface area contributed by atoms with Gasteiger partial charge in [-0.25, -0.2) is 9.18 Å². The SMILES string of the molecule is CC(=O)NCCO[C@@H](c1cccc(F)c1-c1cccc(C)c1)[C@H]1CN(C(=O)OC(C)(C)C)CCO1. The summed E-state index contributed by atoms with van der Waals surface area (Å²) in [6, 6.07) is 12.5. The molecule has 1 N–H and O–H groups in total. The Hall–Kier alpha value is -2.97. The lowest BCUT2D eigenvalue weighted by Gasteiger charge is -2.38. The van der Waals surface area contributed by atoms with Crippen LogP contribution in [-0.2, 0) is 19.0 Å². The second-order valence-corrected chi connectivity index (χ2v) is 9.68. The van der Waals surface area contributed by atoms with Crippen LogP contribution in [0.5, 0.6) is 0 Å². The first-order valence-corrected chi connectivity index (χ1v) is 11.9. The summed E-state index contributed by atoms with van der Waals surface area (Å²) in [5.41, 5.74) is 2.16. The molecule has 8 heteroatoms. The van der Waals surface area contributed by atoms with E-state index in [0.717, 1.165) is 11.1 Å². The van der Waals surface area contributed by atoms with Crippen molar-refractivity contribution in [3.63, 3.8) is 0 Å². The summed E-state index contributed by atoms with van der Waals surface area (Å²) in [4.78, 5) is 25.6. The molecular formula is C27H35FN2O5. The highest BCUT2D eigenvalue weighted by atomic mass is 19.1. The molecule has 1 heterocycles. The van der Waals surface area contributed by atoms with Crippen molar-refractivity contribution >= 4 is 12.0 Å². The van der Waals surface area contributed by atoms with E-state index in [2.05, 4.69) is 5.32 Å². The molecule has 190 valence electrons. The van der Waals surface area contributed by atoms with Crippen molar-refractivity contribution in [1.29, 1.82) is 0 Å². The van der Waals surface area contributed by atoms with Crippen molar-refractivity contribution in [3.8, 4) is 11.1 Å². The minimum atomic E-state index is -0.680. The minimum absolute atomic E-state index is 0.165. The Morgan fingerprint density at radius 1 is 1.23 bits per heavy atom. The highest BCUT2D eigenvalue weighted by Crippen LogP contribution is 2.36. The van der Waals surface area contributed by atoms with E-state index in [4.69, 9.17) is 14.2 Å². The zero-order valence-electron chi connectivity index (χ0n) is 21.1. The quantitative estimate of drug-likeness (QED) is 0.578. The molecule has 1 fully saturated rings. The molecule has 1 aliphatic rings. The molecule has 1 saturated heterocycles. The van der Waals surface area contributed by atoms with Crippen LogP contribution >= 0.6 is 0 Å². The van der Waals surface area contributed by atoms with Gasteiger partial charge in [0.1, 0.15) is 23.6 Å². The van der Waals surface area contributed by atoms with Gasteiger partial charge in [-0.15, -0.1) is 0 Å². The number of nitrogens with one attached hydrogen (secondary N) is 1. The van der Waals surface area contributed by atoms with Crippen molar-refractivity contribution in [3.05, 3.63) is 59.4 Å². The third-order valence-electron chi connectivity index (χ3n) is 5.52. The summed E-state index contributed by atoms with van der Waals surface area (Å²) in [5, 5.41) is 2.71. The summed E-state index contributed by atoms with van der Waals surface area (Å²) in [6.45, 7) is 10.2. The molecule has 0 aliphatic carbocycles. The van der Waals surface area contributed by atoms with Gasteiger partial charge in [-0.05, 0) is 44.9 Å². The summed E-state index contributed by atoms with van der Waals surface area (Å²) in [7, 11) is 0. The minimum Gasteiger partial charge on any atom is -0.444 e. The average Bonchev–Trinajstić information content (AvgIpc) is 2.78. The summed E-state index contributed by atoms with van der Waals surface area (Å²) < 4.78 is 33.0. The number of halogens is 1. The fourth-order valence-corrected chi connectivity index (χ4v) is 4.04. The van der Waals surface area contributed by atoms with Crippen molar-refractivity contribution < 1.29 is 28.2 Å². The monoisotopic (exact) mass is 486 g/mol. The van der Waals surface area contributed by atoms with E-state index in [0.29, 0.717) is 30.8 Å². The van der Waals surface area contributed by atoms with Gasteiger partial charge in [-0.2, -0.15) is 0 Å². The first kappa shape index (κ1) is 26.6. The Morgan fingerprint density at radius 2 is 1.97 bits per heavy atom. The lowest BCUT2D eigenvalue weighted by Crippen LogP contribution is -2.49. The maximum Gasteiger partial charge on any atom is 0.410 e. The van der Waals surface area contributed by atoms with E-state index in [1.54, 1.807) is 11.0 Å². The Kier molecular flexibility index (Phi) is 8.86. The summed E-state index contributed by atoms with van der Waals surface area (Å²) in [5.74, 6) is -0.537. The van der Waals surface area contributed by atoms with Crippen molar-refractivity contribution in [1.82, 2.24) is 10.2 Å². The molecule has 1 aliphatic heterocycles. The van der Waals surface area contributed by atoms with Crippen LogP contribution in [0.4, 0.5) is 9.18 Å². The van der Waals surface area contributed by atoms with E-state index in [1.807, 2.05) is 58.0 Å². The van der Waals surface area contributed by atoms with Gasteiger partial charge in [0.2, 0.25) is 5.91 Å². The highest BCUT2D eigenvalue weighted by Gasteiger charge is 2.35. The number of amides is 2. The van der Waals surface area contributed by atoms with Crippen LogP contribution in [0.2, 0.25) is 0 Å². The first-order valence-electron chi connectivity index (χ1n) is 11.9. The molecule has 0 bridgehead atoms. The second kappa shape index (κ2) is 11.6. The molecule has 2 amide bonds. The van der Waals surface area contributed by atoms with Crippen LogP contribution in [0.15, 0.2) is 42.5 Å². The first-order chi connectivity index (χ1) is 16.5. The Bertz CT molecular complexity index is 1040. The Morgan fingerprint density at radius 3 is 2.66 bits per heavy atom. The highest BCUT2D eigenvalue weighted by molar-refractivity contribution is 5.72. The number of carbonyl (C=O) groups excluding carboxylic acids is 2. The number of nitrogens with zero attached hydrogens (tertiary/aromatic N) is 1. The topological polar surface area (TPSA) is 77.1 Å². The lowest BCUT2D eigenvalue weighted by molar-refractivity contribution is -0.121. The Balaban J connectivity index is 1.94. The van der Waals surface area contributed by atoms with Crippen LogP contribution in [0.25, 0.3) is 11.1 Å². The van der Waals surface area contributed by atoms with E-state index < -0.39 is 23.9 Å². The van der Waals surface area contributed by atoms with Gasteiger partial charge in [0.15, 0.2) is 0 Å². The third kappa shape index (κ3) is 7.50. The number of hydrogen-bond acceptors (Lipinski definition) is 5. The van der Waals surface area contributed by atoms with E-state index in [1.165, 1.54) is 13.0 Å². The number of hydrogen-bond donors (Lipinski definition) is 1. The van der Waals surface area contributed by atoms with Crippen molar-refractivity contribution in [2.45, 2.75) is 52.4 Å². The molecule has 3 rings (SSSR count). The number of aryl methyl sites for hydroxylation is 1. The van der Waals surface area contributed by atoms with Gasteiger partial charge in [-0.1, -0.05) is 42.0 Å². The molecule has 0 unspecified atom stereocenters. The summed E-state index contributed by atoms with van der Waals surface area (Å²) in [6.07, 6.45) is -1.67. The van der Waals surface area contributed by atoms with Crippen LogP contribution in [0.3, 0.4) is 0 Å². The molecule has 0 radical (unpaired) electrons. The molecule has 0 spiro atoms. The molecule has 35 heavy (non-hydrogen) atoms. The number of rotatable bonds is 7. The normalized spacial score (nSPS) is 17.1. The molecule has 2 aromatic rings. The van der Waals surface area contributed by atoms with E-state index >= 15 is 4.39 Å². The third-order valence-corrected chi connectivity index (χ3v) is 5.52. The maximum absolute atomic E-state index is 15.2. The average molecular weight is 487 g/mol. The molecule has 2 atom stereocenters. The van der Waals surface area contributed by atoms with Gasteiger partial charge in [0.25, 0.3) is 0 Å². The van der Waals surface area contributed by atoms with Gasteiger partial charge < -0.3 is 24.4 Å². The van der Waals surface area contributed by atoms with Crippen LogP contribution in [0.1, 0.15) is 44.9 Å². The van der Waals surface area contributed by atoms with Crippen molar-refractivity contribution in [2.75, 3.05) is 32.8 Å². The lowest BCUT2D eigenvalue weighted by atomic mass is 9.92. The van der Waals surface area contributed by atoms with Crippen LogP contribution in [-0.4, -0.2) is 61.5 Å². The zero-order valence-corrected chi connectivity index (χ0v) is 21.1. The second-order valence-electron chi connectivity index (χ2n) is 9.68. The van der Waals surface area contributed by atoms with Crippen LogP contribution < -0.4 is 5.32 Å². The molecule has 0 aromatic heterocycles. The predicted octanol–water partition coefficient (Wildman–Crippen LogP) is 4.63. The number of ether oxygens (including phenoxy) is 3. The standard InChI is InChI=1S/C27H35FN2O5/c1-18-8-6-9-20(16-18)24-21(10-7-11-22(24)28)25(34-14-12-29-19(2)31)23-17-30(13-15-33-23)26(32)35-27(3,4)5/h6-11,16,23,25H,12-15,17H2,1-5H3,(H,29,31)/t23-,25+/m1/s1. The smallest absolute Gasteiger partial charge is 0.410 e. The van der Waals surface area contributed by atoms with Gasteiger partial charge >= 0.3 is 6.09 Å². The largest absolute Gasteiger partial charge is 0.444 e. The molecular weight excluding hydrogens is 451 g/mol. The van der Waals surface area contributed by atoms with Gasteiger partial charge in [0.05, 0.1) is 19.8 Å². The zero-order chi connectivity index (χ0) is 25.6.